The van der Waals surface area contributed by atoms with E-state index in [9.17, 15) is 23.0 Å². The van der Waals surface area contributed by atoms with E-state index in [1.54, 1.807) is 11.0 Å². The van der Waals surface area contributed by atoms with Gasteiger partial charge in [-0.2, -0.15) is 5.26 Å². The molecule has 0 spiro atoms. The zero-order valence-electron chi connectivity index (χ0n) is 17.0. The summed E-state index contributed by atoms with van der Waals surface area (Å²) in [6, 6.07) is 4.61. The van der Waals surface area contributed by atoms with Gasteiger partial charge in [0.05, 0.1) is 18.3 Å². The van der Waals surface area contributed by atoms with Gasteiger partial charge in [0.2, 0.25) is 9.84 Å². The van der Waals surface area contributed by atoms with Crippen molar-refractivity contribution in [2.45, 2.75) is 36.5 Å². The second-order valence-electron chi connectivity index (χ2n) is 7.58. The first-order valence-electron chi connectivity index (χ1n) is 9.19. The van der Waals surface area contributed by atoms with Crippen molar-refractivity contribution in [3.05, 3.63) is 45.5 Å². The Kier molecular flexibility index (Phi) is 6.27. The third-order valence-electron chi connectivity index (χ3n) is 4.70. The highest BCUT2D eigenvalue weighted by Crippen LogP contribution is 2.39. The standard InChI is InChI=1S/C19H19ClFN5O4S/c1-11-23-16(15(9-22)31(28,29)14-5-4-12(20)8-13(14)21)17(25-27)18(24-11)26-6-7-30-19(2,3)10-26/h4-5,8,15H,6-7,10H2,1-3H3. The highest BCUT2D eigenvalue weighted by molar-refractivity contribution is 7.92. The molecule has 12 heteroatoms. The molecule has 2 heterocycles. The van der Waals surface area contributed by atoms with Crippen LogP contribution in [-0.4, -0.2) is 43.7 Å². The molecule has 164 valence electrons. The third-order valence-corrected chi connectivity index (χ3v) is 6.83. The van der Waals surface area contributed by atoms with Crippen LogP contribution in [0.4, 0.5) is 15.9 Å². The Morgan fingerprint density at radius 1 is 1.39 bits per heavy atom. The fraction of sp³-hybridized carbons (Fsp3) is 0.421. The number of nitriles is 1. The van der Waals surface area contributed by atoms with E-state index >= 15 is 0 Å². The minimum Gasteiger partial charge on any atom is -0.372 e. The summed E-state index contributed by atoms with van der Waals surface area (Å²) in [5.41, 5.74) is -1.34. The van der Waals surface area contributed by atoms with Crippen molar-refractivity contribution in [3.8, 4) is 6.07 Å². The Morgan fingerprint density at radius 2 is 2.10 bits per heavy atom. The van der Waals surface area contributed by atoms with Crippen LogP contribution in [0.1, 0.15) is 30.6 Å². The van der Waals surface area contributed by atoms with Gasteiger partial charge in [0.1, 0.15) is 22.2 Å². The fourth-order valence-electron chi connectivity index (χ4n) is 3.37. The normalized spacial score (nSPS) is 17.1. The number of sulfone groups is 1. The third kappa shape index (κ3) is 4.51. The van der Waals surface area contributed by atoms with Crippen molar-refractivity contribution in [1.82, 2.24) is 9.97 Å². The molecule has 0 bridgehead atoms. The zero-order chi connectivity index (χ0) is 23.0. The first kappa shape index (κ1) is 23.0. The lowest BCUT2D eigenvalue weighted by atomic mass is 10.1. The molecular formula is C19H19ClFN5O4S. The van der Waals surface area contributed by atoms with Gasteiger partial charge in [-0.15, -0.1) is 4.91 Å². The highest BCUT2D eigenvalue weighted by atomic mass is 35.5. The van der Waals surface area contributed by atoms with Crippen molar-refractivity contribution in [3.63, 3.8) is 0 Å². The smallest absolute Gasteiger partial charge is 0.203 e. The van der Waals surface area contributed by atoms with Crippen LogP contribution >= 0.6 is 11.6 Å². The van der Waals surface area contributed by atoms with E-state index in [0.717, 1.165) is 12.1 Å². The molecule has 1 atom stereocenters. The average molecular weight is 468 g/mol. The number of nitrogens with zero attached hydrogens (tertiary/aromatic N) is 5. The Morgan fingerprint density at radius 3 is 2.68 bits per heavy atom. The maximum Gasteiger partial charge on any atom is 0.203 e. The zero-order valence-corrected chi connectivity index (χ0v) is 18.5. The molecule has 1 aliphatic rings. The lowest BCUT2D eigenvalue weighted by Crippen LogP contribution is -2.48. The van der Waals surface area contributed by atoms with E-state index in [2.05, 4.69) is 15.1 Å². The number of benzene rings is 1. The van der Waals surface area contributed by atoms with E-state index in [0.29, 0.717) is 19.7 Å². The maximum atomic E-state index is 14.4. The molecule has 1 saturated heterocycles. The van der Waals surface area contributed by atoms with Gasteiger partial charge in [-0.05, 0) is 44.1 Å². The van der Waals surface area contributed by atoms with Gasteiger partial charge in [0.25, 0.3) is 0 Å². The molecule has 1 aromatic carbocycles. The molecule has 0 N–H and O–H groups in total. The molecule has 9 nitrogen and oxygen atoms in total. The summed E-state index contributed by atoms with van der Waals surface area (Å²) in [5, 5.41) is 10.7. The second kappa shape index (κ2) is 8.45. The van der Waals surface area contributed by atoms with E-state index in [-0.39, 0.29) is 22.4 Å². The van der Waals surface area contributed by atoms with E-state index in [4.69, 9.17) is 16.3 Å². The van der Waals surface area contributed by atoms with E-state index in [1.807, 2.05) is 13.8 Å². The van der Waals surface area contributed by atoms with Gasteiger partial charge in [0, 0.05) is 18.1 Å². The van der Waals surface area contributed by atoms with Crippen molar-refractivity contribution in [2.75, 3.05) is 24.6 Å². The monoisotopic (exact) mass is 467 g/mol. The minimum absolute atomic E-state index is 0.00435. The highest BCUT2D eigenvalue weighted by Gasteiger charge is 2.38. The maximum absolute atomic E-state index is 14.4. The van der Waals surface area contributed by atoms with Gasteiger partial charge in [-0.25, -0.2) is 22.8 Å². The van der Waals surface area contributed by atoms with Gasteiger partial charge < -0.3 is 9.64 Å². The summed E-state index contributed by atoms with van der Waals surface area (Å²) in [4.78, 5) is 21.1. The summed E-state index contributed by atoms with van der Waals surface area (Å²) < 4.78 is 46.3. The molecule has 0 amide bonds. The Balaban J connectivity index is 2.18. The van der Waals surface area contributed by atoms with Crippen LogP contribution in [0.3, 0.4) is 0 Å². The Labute approximate surface area is 183 Å². The molecule has 0 saturated carbocycles. The summed E-state index contributed by atoms with van der Waals surface area (Å²) in [6.07, 6.45) is 0. The molecule has 1 fully saturated rings. The fourth-order valence-corrected chi connectivity index (χ4v) is 4.97. The van der Waals surface area contributed by atoms with Gasteiger partial charge in [-0.3, -0.25) is 0 Å². The van der Waals surface area contributed by atoms with Crippen LogP contribution in [0.25, 0.3) is 0 Å². The quantitative estimate of drug-likeness (QED) is 0.610. The molecule has 2 aromatic rings. The molecule has 1 aliphatic heterocycles. The van der Waals surface area contributed by atoms with Crippen LogP contribution in [-0.2, 0) is 14.6 Å². The van der Waals surface area contributed by atoms with Crippen molar-refractivity contribution in [2.24, 2.45) is 5.18 Å². The number of nitroso groups, excluding NO2 is 1. The van der Waals surface area contributed by atoms with Gasteiger partial charge in [0.15, 0.2) is 16.8 Å². The van der Waals surface area contributed by atoms with Crippen LogP contribution in [0, 0.1) is 29.0 Å². The Hall–Kier alpha value is -2.68. The van der Waals surface area contributed by atoms with E-state index in [1.165, 1.54) is 13.0 Å². The van der Waals surface area contributed by atoms with Crippen molar-refractivity contribution < 1.29 is 17.5 Å². The minimum atomic E-state index is -4.60. The average Bonchev–Trinajstić information content (AvgIpc) is 2.66. The SMILES string of the molecule is Cc1nc(C(C#N)S(=O)(=O)c2ccc(Cl)cc2F)c(N=O)c(N2CCOC(C)(C)C2)n1. The van der Waals surface area contributed by atoms with Gasteiger partial charge >= 0.3 is 0 Å². The number of hydrogen-bond donors (Lipinski definition) is 0. The predicted molar refractivity (Wildman–Crippen MR) is 111 cm³/mol. The van der Waals surface area contributed by atoms with Crippen LogP contribution < -0.4 is 4.90 Å². The molecule has 0 aliphatic carbocycles. The van der Waals surface area contributed by atoms with Crippen LogP contribution in [0.15, 0.2) is 28.3 Å². The predicted octanol–water partition coefficient (Wildman–Crippen LogP) is 3.63. The van der Waals surface area contributed by atoms with Gasteiger partial charge in [-0.1, -0.05) is 11.6 Å². The number of halogens is 2. The molecule has 3 rings (SSSR count). The summed E-state index contributed by atoms with van der Waals surface area (Å²) in [5.74, 6) is -0.885. The van der Waals surface area contributed by atoms with Crippen LogP contribution in [0.5, 0.6) is 0 Å². The van der Waals surface area contributed by atoms with Crippen molar-refractivity contribution >= 4 is 32.9 Å². The lowest BCUT2D eigenvalue weighted by Gasteiger charge is -2.39. The van der Waals surface area contributed by atoms with Crippen LogP contribution in [0.2, 0.25) is 5.02 Å². The number of hydrogen-bond acceptors (Lipinski definition) is 9. The molecule has 0 radical (unpaired) electrons. The molecule has 1 unspecified atom stereocenters. The Bertz CT molecular complexity index is 1180. The summed E-state index contributed by atoms with van der Waals surface area (Å²) in [7, 11) is -4.60. The number of ether oxygens (including phenoxy) is 1. The first-order valence-corrected chi connectivity index (χ1v) is 11.1. The number of morpholine rings is 1. The number of anilines is 1. The second-order valence-corrected chi connectivity index (χ2v) is 10.0. The molecule has 1 aromatic heterocycles. The largest absolute Gasteiger partial charge is 0.372 e. The lowest BCUT2D eigenvalue weighted by molar-refractivity contribution is -0.0278. The first-order chi connectivity index (χ1) is 14.5. The topological polar surface area (TPSA) is 126 Å². The molecule has 31 heavy (non-hydrogen) atoms. The summed E-state index contributed by atoms with van der Waals surface area (Å²) >= 11 is 5.70. The number of aryl methyl sites for hydroxylation is 1. The van der Waals surface area contributed by atoms with Crippen molar-refractivity contribution in [1.29, 1.82) is 5.26 Å². The molecular weight excluding hydrogens is 449 g/mol. The number of rotatable bonds is 5. The van der Waals surface area contributed by atoms with E-state index < -0.39 is 37.1 Å². The number of aromatic nitrogens is 2. The summed E-state index contributed by atoms with van der Waals surface area (Å²) in [6.45, 7) is 6.28.